The van der Waals surface area contributed by atoms with Crippen molar-refractivity contribution < 1.29 is 9.90 Å². The van der Waals surface area contributed by atoms with E-state index in [2.05, 4.69) is 37.2 Å². The molecule has 2 aromatic carbocycles. The molecule has 0 amide bonds. The van der Waals surface area contributed by atoms with E-state index in [0.29, 0.717) is 12.1 Å². The van der Waals surface area contributed by atoms with Crippen molar-refractivity contribution in [2.24, 2.45) is 0 Å². The molecule has 0 bridgehead atoms. The summed E-state index contributed by atoms with van der Waals surface area (Å²) >= 11 is 7.02. The van der Waals surface area contributed by atoms with E-state index < -0.39 is 5.97 Å². The third kappa shape index (κ3) is 3.41. The van der Waals surface area contributed by atoms with Gasteiger partial charge in [-0.15, -0.1) is 0 Å². The number of halogens is 2. The molecular weight excluding hydrogens is 386 g/mol. The van der Waals surface area contributed by atoms with Gasteiger partial charge in [0.25, 0.3) is 0 Å². The maximum atomic E-state index is 11.2. The van der Waals surface area contributed by atoms with Gasteiger partial charge in [-0.1, -0.05) is 18.2 Å². The topological polar surface area (TPSA) is 49.3 Å². The van der Waals surface area contributed by atoms with Crippen LogP contribution in [0.2, 0.25) is 0 Å². The molecule has 2 rings (SSSR count). The number of aryl methyl sites for hydroxylation is 1. The van der Waals surface area contributed by atoms with Crippen LogP contribution in [-0.4, -0.2) is 11.1 Å². The van der Waals surface area contributed by atoms with Gasteiger partial charge in [0, 0.05) is 15.5 Å². The second-order valence-electron chi connectivity index (χ2n) is 4.42. The summed E-state index contributed by atoms with van der Waals surface area (Å²) < 4.78 is 1.88. The summed E-state index contributed by atoms with van der Waals surface area (Å²) in [5.74, 6) is -0.913. The van der Waals surface area contributed by atoms with E-state index in [1.54, 1.807) is 12.1 Å². The smallest absolute Gasteiger partial charge is 0.336 e. The van der Waals surface area contributed by atoms with E-state index in [-0.39, 0.29) is 0 Å². The Balaban J connectivity index is 2.24. The lowest BCUT2D eigenvalue weighted by Crippen LogP contribution is -2.07. The lowest BCUT2D eigenvalue weighted by Gasteiger charge is -2.13. The van der Waals surface area contributed by atoms with Gasteiger partial charge in [0.15, 0.2) is 0 Å². The minimum absolute atomic E-state index is 0.319. The van der Waals surface area contributed by atoms with Gasteiger partial charge in [-0.2, -0.15) is 0 Å². The average Bonchev–Trinajstić information content (AvgIpc) is 2.37. The fourth-order valence-corrected chi connectivity index (χ4v) is 3.63. The van der Waals surface area contributed by atoms with Crippen molar-refractivity contribution in [2.45, 2.75) is 13.5 Å². The van der Waals surface area contributed by atoms with Crippen LogP contribution in [0.1, 0.15) is 21.5 Å². The molecule has 0 atom stereocenters. The van der Waals surface area contributed by atoms with Crippen LogP contribution in [-0.2, 0) is 6.54 Å². The van der Waals surface area contributed by atoms with Gasteiger partial charge in [-0.05, 0) is 68.1 Å². The first-order valence-electron chi connectivity index (χ1n) is 5.99. The van der Waals surface area contributed by atoms with Crippen molar-refractivity contribution in [1.82, 2.24) is 0 Å². The molecule has 3 nitrogen and oxygen atoms in total. The van der Waals surface area contributed by atoms with Gasteiger partial charge in [0.1, 0.15) is 0 Å². The second kappa shape index (κ2) is 6.41. The molecule has 0 spiro atoms. The van der Waals surface area contributed by atoms with Crippen LogP contribution >= 0.6 is 31.9 Å². The maximum Gasteiger partial charge on any atom is 0.336 e. The summed E-state index contributed by atoms with van der Waals surface area (Å²) in [6, 6.07) is 11.0. The van der Waals surface area contributed by atoms with Crippen LogP contribution in [0.25, 0.3) is 0 Å². The van der Waals surface area contributed by atoms with Gasteiger partial charge in [-0.25, -0.2) is 4.79 Å². The van der Waals surface area contributed by atoms with E-state index in [9.17, 15) is 4.79 Å². The van der Waals surface area contributed by atoms with Crippen molar-refractivity contribution in [2.75, 3.05) is 5.32 Å². The molecule has 20 heavy (non-hydrogen) atoms. The minimum atomic E-state index is -0.913. The van der Waals surface area contributed by atoms with Crippen LogP contribution in [0.15, 0.2) is 45.3 Å². The molecular formula is C15H13Br2NO2. The highest BCUT2D eigenvalue weighted by atomic mass is 79.9. The summed E-state index contributed by atoms with van der Waals surface area (Å²) in [6.07, 6.45) is 0. The number of hydrogen-bond acceptors (Lipinski definition) is 2. The van der Waals surface area contributed by atoms with Crippen LogP contribution in [0, 0.1) is 6.92 Å². The Morgan fingerprint density at radius 3 is 2.40 bits per heavy atom. The molecule has 0 saturated carbocycles. The molecule has 2 N–H and O–H groups in total. The van der Waals surface area contributed by atoms with Gasteiger partial charge in [-0.3, -0.25) is 0 Å². The molecule has 0 saturated heterocycles. The van der Waals surface area contributed by atoms with E-state index in [1.807, 2.05) is 31.2 Å². The minimum Gasteiger partial charge on any atom is -0.478 e. The van der Waals surface area contributed by atoms with Gasteiger partial charge >= 0.3 is 5.97 Å². The number of carbonyl (C=O) groups is 1. The van der Waals surface area contributed by atoms with Crippen molar-refractivity contribution in [1.29, 1.82) is 0 Å². The maximum absolute atomic E-state index is 11.2. The summed E-state index contributed by atoms with van der Waals surface area (Å²) in [5, 5.41) is 12.4. The van der Waals surface area contributed by atoms with Gasteiger partial charge in [0.05, 0.1) is 11.3 Å². The Bertz CT molecular complexity index is 633. The van der Waals surface area contributed by atoms with Crippen molar-refractivity contribution in [3.63, 3.8) is 0 Å². The summed E-state index contributed by atoms with van der Waals surface area (Å²) in [6.45, 7) is 2.46. The van der Waals surface area contributed by atoms with Crippen LogP contribution in [0.4, 0.5) is 5.69 Å². The number of benzene rings is 2. The quantitative estimate of drug-likeness (QED) is 0.775. The molecule has 0 aliphatic carbocycles. The fraction of sp³-hybridized carbons (Fsp3) is 0.133. The first-order valence-corrected chi connectivity index (χ1v) is 7.58. The molecule has 2 aromatic rings. The van der Waals surface area contributed by atoms with Crippen LogP contribution in [0.5, 0.6) is 0 Å². The molecule has 0 radical (unpaired) electrons. The first-order chi connectivity index (χ1) is 9.49. The summed E-state index contributed by atoms with van der Waals surface area (Å²) in [5.41, 5.74) is 3.12. The average molecular weight is 399 g/mol. The van der Waals surface area contributed by atoms with Crippen molar-refractivity contribution in [3.8, 4) is 0 Å². The van der Waals surface area contributed by atoms with Crippen LogP contribution < -0.4 is 5.32 Å². The summed E-state index contributed by atoms with van der Waals surface area (Å²) in [7, 11) is 0. The zero-order valence-corrected chi connectivity index (χ0v) is 14.0. The largest absolute Gasteiger partial charge is 0.478 e. The van der Waals surface area contributed by atoms with Gasteiger partial charge in [0.2, 0.25) is 0 Å². The molecule has 0 aromatic heterocycles. The van der Waals surface area contributed by atoms with Gasteiger partial charge < -0.3 is 10.4 Å². The molecule has 0 fully saturated rings. The number of anilines is 1. The Morgan fingerprint density at radius 2 is 1.80 bits per heavy atom. The monoisotopic (exact) mass is 397 g/mol. The van der Waals surface area contributed by atoms with E-state index in [0.717, 1.165) is 25.8 Å². The van der Waals surface area contributed by atoms with E-state index in [4.69, 9.17) is 5.11 Å². The predicted molar refractivity (Wildman–Crippen MR) is 87.3 cm³/mol. The Hall–Kier alpha value is -1.33. The Labute approximate surface area is 134 Å². The molecule has 0 aliphatic heterocycles. The highest BCUT2D eigenvalue weighted by molar-refractivity contribution is 9.11. The van der Waals surface area contributed by atoms with E-state index in [1.165, 1.54) is 0 Å². The summed E-state index contributed by atoms with van der Waals surface area (Å²) in [4.78, 5) is 11.2. The number of aromatic carboxylic acids is 1. The molecule has 104 valence electrons. The number of carboxylic acids is 1. The second-order valence-corrected chi connectivity index (χ2v) is 6.13. The number of carboxylic acid groups (broad SMARTS) is 1. The Morgan fingerprint density at radius 1 is 1.20 bits per heavy atom. The molecule has 5 heteroatoms. The number of rotatable bonds is 4. The predicted octanol–water partition coefficient (Wildman–Crippen LogP) is 4.83. The lowest BCUT2D eigenvalue weighted by molar-refractivity contribution is 0.0696. The molecule has 0 unspecified atom stereocenters. The standard InChI is InChI=1S/C15H13Br2NO2/c1-9-6-12(16)14(13(17)7-9)18-8-10-4-2-3-5-11(10)15(19)20/h2-7,18H,8H2,1H3,(H,19,20). The number of nitrogens with one attached hydrogen (secondary N) is 1. The SMILES string of the molecule is Cc1cc(Br)c(NCc2ccccc2C(=O)O)c(Br)c1. The Kier molecular flexibility index (Phi) is 4.83. The lowest BCUT2D eigenvalue weighted by atomic mass is 10.1. The highest BCUT2D eigenvalue weighted by Crippen LogP contribution is 2.32. The molecule has 0 aliphatic rings. The van der Waals surface area contributed by atoms with E-state index >= 15 is 0 Å². The zero-order valence-electron chi connectivity index (χ0n) is 10.8. The first kappa shape index (κ1) is 15.1. The normalized spacial score (nSPS) is 10.3. The fourth-order valence-electron chi connectivity index (χ4n) is 1.94. The third-order valence-electron chi connectivity index (χ3n) is 2.89. The molecule has 0 heterocycles. The van der Waals surface area contributed by atoms with Crippen molar-refractivity contribution in [3.05, 3.63) is 62.0 Å². The number of hydrogen-bond donors (Lipinski definition) is 2. The zero-order chi connectivity index (χ0) is 14.7. The van der Waals surface area contributed by atoms with Crippen LogP contribution in [0.3, 0.4) is 0 Å². The third-order valence-corrected chi connectivity index (χ3v) is 4.14. The highest BCUT2D eigenvalue weighted by Gasteiger charge is 2.10. The van der Waals surface area contributed by atoms with Crippen molar-refractivity contribution >= 4 is 43.5 Å².